The van der Waals surface area contributed by atoms with Gasteiger partial charge in [-0.2, -0.15) is 0 Å². The summed E-state index contributed by atoms with van der Waals surface area (Å²) in [6.07, 6.45) is -0.0773. The van der Waals surface area contributed by atoms with Crippen molar-refractivity contribution in [3.8, 4) is 0 Å². The average Bonchev–Trinajstić information content (AvgIpc) is 2.83. The Morgan fingerprint density at radius 2 is 1.39 bits per heavy atom. The Balaban J connectivity index is 2.03. The van der Waals surface area contributed by atoms with Gasteiger partial charge in [-0.05, 0) is 71.2 Å². The van der Waals surface area contributed by atoms with E-state index in [2.05, 4.69) is 5.32 Å². The van der Waals surface area contributed by atoms with E-state index in [1.165, 1.54) is 12.1 Å². The lowest BCUT2D eigenvalue weighted by Crippen LogP contribution is -2.44. The molecule has 2 aromatic carbocycles. The molecule has 0 heterocycles. The highest BCUT2D eigenvalue weighted by Gasteiger charge is 2.29. The first-order chi connectivity index (χ1) is 17.6. The topological polar surface area (TPSA) is 134 Å². The van der Waals surface area contributed by atoms with E-state index in [1.54, 1.807) is 53.7 Å². The third-order valence-electron chi connectivity index (χ3n) is 5.06. The Kier molecular flexibility index (Phi) is 10.6. The maximum atomic E-state index is 12.9. The minimum atomic E-state index is -1.07. The van der Waals surface area contributed by atoms with Crippen molar-refractivity contribution in [2.75, 3.05) is 0 Å². The van der Waals surface area contributed by atoms with Crippen molar-refractivity contribution in [2.45, 2.75) is 84.3 Å². The third kappa shape index (κ3) is 10.7. The van der Waals surface area contributed by atoms with Crippen LogP contribution in [0.25, 0.3) is 0 Å². The highest BCUT2D eigenvalue weighted by Crippen LogP contribution is 2.17. The van der Waals surface area contributed by atoms with Crippen molar-refractivity contribution in [3.05, 3.63) is 71.3 Å². The molecule has 0 aliphatic heterocycles. The van der Waals surface area contributed by atoms with Gasteiger partial charge < -0.3 is 25.3 Å². The summed E-state index contributed by atoms with van der Waals surface area (Å²) in [5.41, 5.74) is 6.14. The molecule has 0 bridgehead atoms. The minimum Gasteiger partial charge on any atom is -0.460 e. The number of carbonyl (C=O) groups excluding carboxylic acids is 4. The van der Waals surface area contributed by atoms with Crippen LogP contribution in [-0.4, -0.2) is 41.1 Å². The summed E-state index contributed by atoms with van der Waals surface area (Å²) in [6.45, 7) is 10.5. The van der Waals surface area contributed by atoms with E-state index >= 15 is 0 Å². The molecular formula is C29H38N2O7. The number of esters is 3. The Labute approximate surface area is 224 Å². The van der Waals surface area contributed by atoms with Gasteiger partial charge in [-0.15, -0.1) is 0 Å². The third-order valence-corrected chi connectivity index (χ3v) is 5.06. The zero-order chi connectivity index (χ0) is 28.5. The molecule has 2 atom stereocenters. The lowest BCUT2D eigenvalue weighted by atomic mass is 10.0. The number of carbonyl (C=O) groups is 4. The van der Waals surface area contributed by atoms with Gasteiger partial charge in [0, 0.05) is 12.0 Å². The summed E-state index contributed by atoms with van der Waals surface area (Å²) in [7, 11) is 0. The number of nitrogens with one attached hydrogen (secondary N) is 1. The smallest absolute Gasteiger partial charge is 0.329 e. The van der Waals surface area contributed by atoms with Crippen molar-refractivity contribution >= 4 is 23.8 Å². The molecule has 0 fully saturated rings. The Hall–Kier alpha value is -3.72. The first kappa shape index (κ1) is 30.5. The van der Waals surface area contributed by atoms with Gasteiger partial charge in [-0.3, -0.25) is 9.59 Å². The van der Waals surface area contributed by atoms with Gasteiger partial charge in [-0.25, -0.2) is 9.59 Å². The van der Waals surface area contributed by atoms with E-state index in [4.69, 9.17) is 19.9 Å². The van der Waals surface area contributed by atoms with Crippen molar-refractivity contribution < 1.29 is 33.4 Å². The Morgan fingerprint density at radius 3 is 1.95 bits per heavy atom. The van der Waals surface area contributed by atoms with Crippen LogP contribution in [0, 0.1) is 0 Å². The SMILES string of the molecule is CC(C)(C)OC(=O)CCC(NC(=O)c1ccc(C(N)C(=O)OCc2ccccc2)cc1)C(=O)OC(C)(C)C. The van der Waals surface area contributed by atoms with E-state index in [-0.39, 0.29) is 25.0 Å². The van der Waals surface area contributed by atoms with Crippen molar-refractivity contribution in [2.24, 2.45) is 5.73 Å². The summed E-state index contributed by atoms with van der Waals surface area (Å²) < 4.78 is 16.0. The fraction of sp³-hybridized carbons (Fsp3) is 0.448. The number of rotatable bonds is 10. The molecule has 3 N–H and O–H groups in total. The normalized spacial score (nSPS) is 13.1. The van der Waals surface area contributed by atoms with Crippen LogP contribution in [-0.2, 0) is 35.2 Å². The van der Waals surface area contributed by atoms with Crippen LogP contribution < -0.4 is 11.1 Å². The minimum absolute atomic E-state index is 0.00573. The monoisotopic (exact) mass is 526 g/mol. The molecule has 9 heteroatoms. The molecule has 2 unspecified atom stereocenters. The Morgan fingerprint density at radius 1 is 0.816 bits per heavy atom. The van der Waals surface area contributed by atoms with Crippen LogP contribution in [0.15, 0.2) is 54.6 Å². The second-order valence-corrected chi connectivity index (χ2v) is 10.9. The summed E-state index contributed by atoms with van der Waals surface area (Å²) in [6, 6.07) is 13.2. The van der Waals surface area contributed by atoms with Crippen molar-refractivity contribution in [1.29, 1.82) is 0 Å². The van der Waals surface area contributed by atoms with E-state index < -0.39 is 47.1 Å². The highest BCUT2D eigenvalue weighted by molar-refractivity contribution is 5.97. The summed E-state index contributed by atoms with van der Waals surface area (Å²) in [4.78, 5) is 50.2. The fourth-order valence-corrected chi connectivity index (χ4v) is 3.31. The first-order valence-electron chi connectivity index (χ1n) is 12.5. The molecule has 0 aliphatic rings. The molecule has 0 aliphatic carbocycles. The highest BCUT2D eigenvalue weighted by atomic mass is 16.6. The van der Waals surface area contributed by atoms with Crippen LogP contribution in [0.3, 0.4) is 0 Å². The molecule has 206 valence electrons. The number of hydrogen-bond donors (Lipinski definition) is 2. The molecule has 0 saturated heterocycles. The van der Waals surface area contributed by atoms with Crippen molar-refractivity contribution in [1.82, 2.24) is 5.32 Å². The lowest BCUT2D eigenvalue weighted by molar-refractivity contribution is -0.158. The maximum absolute atomic E-state index is 12.9. The number of amides is 1. The molecule has 9 nitrogen and oxygen atoms in total. The average molecular weight is 527 g/mol. The quantitative estimate of drug-likeness (QED) is 0.351. The molecule has 0 radical (unpaired) electrons. The molecule has 2 rings (SSSR count). The molecule has 38 heavy (non-hydrogen) atoms. The van der Waals surface area contributed by atoms with Crippen LogP contribution in [0.1, 0.15) is 81.9 Å². The molecular weight excluding hydrogens is 488 g/mol. The molecule has 0 saturated carbocycles. The van der Waals surface area contributed by atoms with Gasteiger partial charge in [0.1, 0.15) is 29.9 Å². The predicted octanol–water partition coefficient (Wildman–Crippen LogP) is 3.99. The number of hydrogen-bond acceptors (Lipinski definition) is 8. The zero-order valence-corrected chi connectivity index (χ0v) is 22.9. The summed E-state index contributed by atoms with van der Waals surface area (Å²) in [5, 5.41) is 2.64. The van der Waals surface area contributed by atoms with Crippen molar-refractivity contribution in [3.63, 3.8) is 0 Å². The summed E-state index contributed by atoms with van der Waals surface area (Å²) >= 11 is 0. The van der Waals surface area contributed by atoms with Crippen LogP contribution in [0.5, 0.6) is 0 Å². The first-order valence-corrected chi connectivity index (χ1v) is 12.5. The largest absolute Gasteiger partial charge is 0.460 e. The molecule has 0 spiro atoms. The Bertz CT molecular complexity index is 1100. The fourth-order valence-electron chi connectivity index (χ4n) is 3.31. The number of benzene rings is 2. The van der Waals surface area contributed by atoms with Gasteiger partial charge >= 0.3 is 17.9 Å². The van der Waals surface area contributed by atoms with E-state index in [0.717, 1.165) is 5.56 Å². The number of ether oxygens (including phenoxy) is 3. The van der Waals surface area contributed by atoms with Gasteiger partial charge in [-0.1, -0.05) is 42.5 Å². The van der Waals surface area contributed by atoms with E-state index in [9.17, 15) is 19.2 Å². The number of nitrogens with two attached hydrogens (primary N) is 1. The maximum Gasteiger partial charge on any atom is 0.329 e. The van der Waals surface area contributed by atoms with Gasteiger partial charge in [0.2, 0.25) is 0 Å². The van der Waals surface area contributed by atoms with Gasteiger partial charge in [0.05, 0.1) is 0 Å². The van der Waals surface area contributed by atoms with Gasteiger partial charge in [0.25, 0.3) is 5.91 Å². The molecule has 1 amide bonds. The second-order valence-electron chi connectivity index (χ2n) is 10.9. The summed E-state index contributed by atoms with van der Waals surface area (Å²) in [5.74, 6) is -2.29. The van der Waals surface area contributed by atoms with Crippen LogP contribution in [0.4, 0.5) is 0 Å². The lowest BCUT2D eigenvalue weighted by Gasteiger charge is -2.25. The van der Waals surface area contributed by atoms with Crippen LogP contribution >= 0.6 is 0 Å². The molecule has 0 aromatic heterocycles. The predicted molar refractivity (Wildman–Crippen MR) is 142 cm³/mol. The molecule has 2 aromatic rings. The standard InChI is InChI=1S/C29H38N2O7/c1-28(2,3)37-23(32)17-16-22(26(34)38-29(4,5)6)31-25(33)21-14-12-20(13-15-21)24(30)27(35)36-18-19-10-8-7-9-11-19/h7-15,22,24H,16-18,30H2,1-6H3,(H,31,33). The second kappa shape index (κ2) is 13.2. The zero-order valence-electron chi connectivity index (χ0n) is 22.9. The van der Waals surface area contributed by atoms with Gasteiger partial charge in [0.15, 0.2) is 0 Å². The van der Waals surface area contributed by atoms with E-state index in [0.29, 0.717) is 5.56 Å². The van der Waals surface area contributed by atoms with Crippen LogP contribution in [0.2, 0.25) is 0 Å². The van der Waals surface area contributed by atoms with E-state index in [1.807, 2.05) is 30.3 Å².